The fraction of sp³-hybridized carbons (Fsp3) is 0.533. The van der Waals surface area contributed by atoms with Gasteiger partial charge in [0.25, 0.3) is 0 Å². The van der Waals surface area contributed by atoms with Crippen LogP contribution in [0.2, 0.25) is 0 Å². The smallest absolute Gasteiger partial charge is 0.144 e. The number of nitrogens with one attached hydrogen (secondary N) is 1. The van der Waals surface area contributed by atoms with Gasteiger partial charge in [0.2, 0.25) is 0 Å². The Bertz CT molecular complexity index is 530. The summed E-state index contributed by atoms with van der Waals surface area (Å²) in [5.41, 5.74) is 0.405. The van der Waals surface area contributed by atoms with Crippen molar-refractivity contribution in [2.75, 3.05) is 38.7 Å². The van der Waals surface area contributed by atoms with E-state index < -0.39 is 6.09 Å². The van der Waals surface area contributed by atoms with Crippen molar-refractivity contribution in [3.05, 3.63) is 18.2 Å². The molecule has 7 heteroatoms. The molecule has 1 heterocycles. The second-order valence-corrected chi connectivity index (χ2v) is 7.22. The summed E-state index contributed by atoms with van der Waals surface area (Å²) >= 11 is 1.72. The number of likely N-dealkylation sites (N-methyl/N-ethyl adjacent to an activating group) is 1. The van der Waals surface area contributed by atoms with Crippen LogP contribution in [0.5, 0.6) is 5.75 Å². The number of nitrogens with zero attached hydrogens (tertiary/aromatic N) is 1. The summed E-state index contributed by atoms with van der Waals surface area (Å²) < 4.78 is 11.9. The van der Waals surface area contributed by atoms with E-state index in [0.29, 0.717) is 11.4 Å². The number of hydrogen-bond donors (Lipinski definition) is 1. The zero-order valence-corrected chi connectivity index (χ0v) is 13.9. The van der Waals surface area contributed by atoms with Gasteiger partial charge in [-0.05, 0) is 26.0 Å². The molecule has 0 unspecified atom stereocenters. The van der Waals surface area contributed by atoms with E-state index in [1.807, 2.05) is 26.0 Å². The maximum Gasteiger partial charge on any atom is 0.144 e. The van der Waals surface area contributed by atoms with Gasteiger partial charge in [0.15, 0.2) is 0 Å². The van der Waals surface area contributed by atoms with Crippen LogP contribution in [0.25, 0.3) is 0 Å². The van der Waals surface area contributed by atoms with Gasteiger partial charge < -0.3 is 24.7 Å². The molecule has 1 saturated heterocycles. The minimum absolute atomic E-state index is 0.0456. The molecule has 0 atom stereocenters. The molecule has 0 aliphatic carbocycles. The van der Waals surface area contributed by atoms with E-state index in [1.54, 1.807) is 18.0 Å². The van der Waals surface area contributed by atoms with Crippen LogP contribution in [0, 0.1) is 0 Å². The van der Waals surface area contributed by atoms with E-state index in [4.69, 9.17) is 9.47 Å². The van der Waals surface area contributed by atoms with E-state index in [0.717, 1.165) is 35.1 Å². The van der Waals surface area contributed by atoms with E-state index >= 15 is 0 Å². The van der Waals surface area contributed by atoms with Crippen LogP contribution in [-0.2, 0) is 4.74 Å². The lowest BCUT2D eigenvalue weighted by atomic mass is 10.3. The summed E-state index contributed by atoms with van der Waals surface area (Å²) in [4.78, 5) is 11.8. The summed E-state index contributed by atoms with van der Waals surface area (Å²) in [7, 11) is 2.17. The Balaban J connectivity index is 2.19. The van der Waals surface area contributed by atoms with Crippen LogP contribution in [0.4, 0.5) is 10.5 Å². The first kappa shape index (κ1) is 16.9. The average Bonchev–Trinajstić information content (AvgIpc) is 2.41. The number of carbonyl (C=O) groups is 1. The van der Waals surface area contributed by atoms with Gasteiger partial charge in [0, 0.05) is 6.07 Å². The summed E-state index contributed by atoms with van der Waals surface area (Å²) in [6.07, 6.45) is -1.39. The van der Waals surface area contributed by atoms with Crippen molar-refractivity contribution in [1.82, 2.24) is 0 Å². The molecular formula is C15H22N2O4S. The van der Waals surface area contributed by atoms with Crippen molar-refractivity contribution in [3.63, 3.8) is 0 Å². The van der Waals surface area contributed by atoms with Gasteiger partial charge >= 0.3 is 0 Å². The number of ether oxygens (including phenoxy) is 2. The number of amides is 1. The Morgan fingerprint density at radius 3 is 2.68 bits per heavy atom. The average molecular weight is 326 g/mol. The largest absolute Gasteiger partial charge is 0.530 e. The highest BCUT2D eigenvalue weighted by Gasteiger charge is 2.28. The lowest BCUT2D eigenvalue weighted by Gasteiger charge is -2.34. The first-order valence-electron chi connectivity index (χ1n) is 7.28. The van der Waals surface area contributed by atoms with Crippen LogP contribution >= 0.6 is 11.9 Å². The highest BCUT2D eigenvalue weighted by atomic mass is 32.2. The molecule has 1 aromatic carbocycles. The summed E-state index contributed by atoms with van der Waals surface area (Å²) in [6.45, 7) is 7.18. The maximum absolute atomic E-state index is 10.8. The number of quaternary nitrogens is 1. The van der Waals surface area contributed by atoms with Gasteiger partial charge in [-0.3, -0.25) is 3.89 Å². The van der Waals surface area contributed by atoms with Crippen molar-refractivity contribution in [1.29, 1.82) is 0 Å². The molecule has 1 N–H and O–H groups in total. The summed E-state index contributed by atoms with van der Waals surface area (Å²) in [5, 5.41) is 13.0. The van der Waals surface area contributed by atoms with Gasteiger partial charge in [-0.15, -0.1) is 0 Å². The predicted molar refractivity (Wildman–Crippen MR) is 83.8 cm³/mol. The first-order chi connectivity index (χ1) is 10.4. The van der Waals surface area contributed by atoms with Crippen LogP contribution in [-0.4, -0.2) is 49.4 Å². The fourth-order valence-electron chi connectivity index (χ4n) is 2.20. The van der Waals surface area contributed by atoms with Crippen molar-refractivity contribution in [2.24, 2.45) is 0 Å². The number of hydrogen-bond acceptors (Lipinski definition) is 5. The van der Waals surface area contributed by atoms with Gasteiger partial charge in [-0.1, -0.05) is 0 Å². The number of carbonyl (C=O) groups excluding carboxylic acids is 1. The lowest BCUT2D eigenvalue weighted by Crippen LogP contribution is -2.46. The third-order valence-electron chi connectivity index (χ3n) is 3.30. The third kappa shape index (κ3) is 4.79. The molecule has 1 aliphatic rings. The minimum Gasteiger partial charge on any atom is -0.530 e. The van der Waals surface area contributed by atoms with E-state index in [1.165, 1.54) is 0 Å². The fourth-order valence-corrected chi connectivity index (χ4v) is 3.33. The van der Waals surface area contributed by atoms with E-state index in [9.17, 15) is 9.90 Å². The number of carboxylic acid groups (broad SMARTS) is 1. The molecule has 0 bridgehead atoms. The Morgan fingerprint density at radius 1 is 1.41 bits per heavy atom. The minimum atomic E-state index is -1.35. The molecule has 1 amide bonds. The molecule has 122 valence electrons. The normalized spacial score (nSPS) is 17.3. The molecule has 2 rings (SSSR count). The Morgan fingerprint density at radius 2 is 2.09 bits per heavy atom. The second kappa shape index (κ2) is 7.21. The van der Waals surface area contributed by atoms with Crippen molar-refractivity contribution >= 4 is 23.7 Å². The molecule has 1 fully saturated rings. The molecule has 0 aromatic heterocycles. The van der Waals surface area contributed by atoms with Gasteiger partial charge in [-0.25, -0.2) is 0 Å². The number of morpholine rings is 1. The molecule has 0 saturated carbocycles. The van der Waals surface area contributed by atoms with E-state index in [2.05, 4.69) is 12.4 Å². The molecule has 0 radical (unpaired) electrons. The Hall–Kier alpha value is -1.44. The van der Waals surface area contributed by atoms with Gasteiger partial charge in [0.05, 0.1) is 36.9 Å². The zero-order valence-electron chi connectivity index (χ0n) is 13.1. The Labute approximate surface area is 135 Å². The van der Waals surface area contributed by atoms with Gasteiger partial charge in [-0.2, -0.15) is 0 Å². The molecule has 6 nitrogen and oxygen atoms in total. The van der Waals surface area contributed by atoms with Crippen molar-refractivity contribution < 1.29 is 23.3 Å². The molecule has 22 heavy (non-hydrogen) atoms. The summed E-state index contributed by atoms with van der Waals surface area (Å²) in [6, 6.07) is 5.47. The number of rotatable bonds is 5. The monoisotopic (exact) mass is 326 g/mol. The SMILES string of the molecule is CC(C)Oc1cc(S[N+]2(C)CCOCC2)ccc1NC(=O)[O-]. The van der Waals surface area contributed by atoms with Crippen molar-refractivity contribution in [2.45, 2.75) is 24.8 Å². The molecular weight excluding hydrogens is 304 g/mol. The number of benzene rings is 1. The lowest BCUT2D eigenvalue weighted by molar-refractivity contribution is -0.784. The standard InChI is InChI=1S/C15H22N2O4S/c1-11(2)21-14-10-12(4-5-13(14)16-15(18)19)22-17(3)6-8-20-9-7-17/h4-5,10-11,16H,6-9H2,1-3H3. The van der Waals surface area contributed by atoms with Crippen LogP contribution in [0.3, 0.4) is 0 Å². The Kier molecular flexibility index (Phi) is 5.55. The van der Waals surface area contributed by atoms with Crippen LogP contribution in [0.1, 0.15) is 13.8 Å². The second-order valence-electron chi connectivity index (χ2n) is 5.68. The highest BCUT2D eigenvalue weighted by Crippen LogP contribution is 2.36. The third-order valence-corrected chi connectivity index (χ3v) is 4.57. The molecule has 1 aliphatic heterocycles. The van der Waals surface area contributed by atoms with Crippen LogP contribution < -0.4 is 15.2 Å². The molecule has 1 aromatic rings. The van der Waals surface area contributed by atoms with Crippen molar-refractivity contribution in [3.8, 4) is 5.75 Å². The topological polar surface area (TPSA) is 70.6 Å². The first-order valence-corrected chi connectivity index (χ1v) is 8.06. The van der Waals surface area contributed by atoms with E-state index in [-0.39, 0.29) is 6.10 Å². The van der Waals surface area contributed by atoms with Gasteiger partial charge in [0.1, 0.15) is 36.9 Å². The number of anilines is 1. The van der Waals surface area contributed by atoms with Crippen LogP contribution in [0.15, 0.2) is 23.1 Å². The summed E-state index contributed by atoms with van der Waals surface area (Å²) in [5.74, 6) is 0.518. The quantitative estimate of drug-likeness (QED) is 0.659. The predicted octanol–water partition coefficient (Wildman–Crippen LogP) is 1.71. The zero-order chi connectivity index (χ0) is 16.2. The molecule has 0 spiro atoms. The maximum atomic E-state index is 10.8. The highest BCUT2D eigenvalue weighted by molar-refractivity contribution is 7.93.